The molecule has 3 heterocycles. The lowest BCUT2D eigenvalue weighted by Gasteiger charge is -2.39. The van der Waals surface area contributed by atoms with Crippen molar-refractivity contribution in [2.24, 2.45) is 5.92 Å². The number of hydrogen-bond acceptors (Lipinski definition) is 4. The Kier molecular flexibility index (Phi) is 5.08. The molecule has 4 rings (SSSR count). The van der Waals surface area contributed by atoms with Crippen molar-refractivity contribution in [3.8, 4) is 5.75 Å². The van der Waals surface area contributed by atoms with E-state index in [0.29, 0.717) is 37.0 Å². The second kappa shape index (κ2) is 7.50. The van der Waals surface area contributed by atoms with Crippen LogP contribution in [-0.4, -0.2) is 66.6 Å². The summed E-state index contributed by atoms with van der Waals surface area (Å²) in [6.45, 7) is 5.57. The van der Waals surface area contributed by atoms with E-state index in [-0.39, 0.29) is 18.4 Å². The summed E-state index contributed by atoms with van der Waals surface area (Å²) in [5.74, 6) is 1.20. The van der Waals surface area contributed by atoms with E-state index < -0.39 is 5.60 Å². The summed E-state index contributed by atoms with van der Waals surface area (Å²) < 4.78 is 11.9. The average molecular weight is 372 g/mol. The summed E-state index contributed by atoms with van der Waals surface area (Å²) in [6.07, 6.45) is 3.51. The fourth-order valence-corrected chi connectivity index (χ4v) is 4.24. The van der Waals surface area contributed by atoms with E-state index in [4.69, 9.17) is 9.47 Å². The Morgan fingerprint density at radius 2 is 1.89 bits per heavy atom. The lowest BCUT2D eigenvalue weighted by atomic mass is 9.93. The van der Waals surface area contributed by atoms with Crippen molar-refractivity contribution in [3.05, 3.63) is 29.8 Å². The topological polar surface area (TPSA) is 59.1 Å². The first-order valence-electron chi connectivity index (χ1n) is 9.99. The molecule has 27 heavy (non-hydrogen) atoms. The van der Waals surface area contributed by atoms with Gasteiger partial charge in [0.05, 0.1) is 25.3 Å². The molecule has 6 heteroatoms. The van der Waals surface area contributed by atoms with Crippen LogP contribution in [-0.2, 0) is 9.53 Å². The number of ether oxygens (including phenoxy) is 2. The van der Waals surface area contributed by atoms with E-state index in [9.17, 15) is 9.59 Å². The van der Waals surface area contributed by atoms with Crippen molar-refractivity contribution in [1.29, 1.82) is 0 Å². The third-order valence-electron chi connectivity index (χ3n) is 6.08. The smallest absolute Gasteiger partial charge is 0.258 e. The first-order chi connectivity index (χ1) is 13.1. The van der Waals surface area contributed by atoms with Crippen LogP contribution in [0.4, 0.5) is 0 Å². The summed E-state index contributed by atoms with van der Waals surface area (Å²) in [5.41, 5.74) is 0.0675. The fourth-order valence-electron chi connectivity index (χ4n) is 4.24. The van der Waals surface area contributed by atoms with Crippen molar-refractivity contribution in [2.75, 3.05) is 39.4 Å². The highest BCUT2D eigenvalue weighted by atomic mass is 16.5. The summed E-state index contributed by atoms with van der Waals surface area (Å²) in [4.78, 5) is 29.7. The largest absolute Gasteiger partial charge is 0.484 e. The lowest BCUT2D eigenvalue weighted by Crippen LogP contribution is -2.53. The van der Waals surface area contributed by atoms with Gasteiger partial charge in [0.2, 0.25) is 5.91 Å². The third-order valence-corrected chi connectivity index (χ3v) is 6.08. The number of likely N-dealkylation sites (tertiary alicyclic amines) is 1. The molecular weight excluding hydrogens is 344 g/mol. The number of piperidine rings is 1. The first kappa shape index (κ1) is 18.3. The minimum absolute atomic E-state index is 0.0387. The molecule has 2 saturated heterocycles. The standard InChI is InChI=1S/C21H28N2O4/c1-16-6-10-22(11-7-16)19(24)14-23-15-21(8-12-26-13-9-21)27-18-5-3-2-4-17(18)20(23)25/h2-5,16H,6-15H2,1H3. The van der Waals surface area contributed by atoms with Gasteiger partial charge in [0.1, 0.15) is 17.9 Å². The number of amides is 2. The minimum Gasteiger partial charge on any atom is -0.484 e. The van der Waals surface area contributed by atoms with Gasteiger partial charge in [-0.05, 0) is 30.9 Å². The monoisotopic (exact) mass is 372 g/mol. The van der Waals surface area contributed by atoms with Gasteiger partial charge >= 0.3 is 0 Å². The number of hydrogen-bond donors (Lipinski definition) is 0. The van der Waals surface area contributed by atoms with Gasteiger partial charge in [-0.3, -0.25) is 9.59 Å². The Bertz CT molecular complexity index is 706. The van der Waals surface area contributed by atoms with Crippen LogP contribution in [0.3, 0.4) is 0 Å². The predicted octanol–water partition coefficient (Wildman–Crippen LogP) is 2.33. The number of nitrogens with zero attached hydrogens (tertiary/aromatic N) is 2. The van der Waals surface area contributed by atoms with Crippen molar-refractivity contribution in [1.82, 2.24) is 9.80 Å². The second-order valence-electron chi connectivity index (χ2n) is 8.12. The van der Waals surface area contributed by atoms with E-state index in [1.54, 1.807) is 11.0 Å². The highest BCUT2D eigenvalue weighted by molar-refractivity contribution is 5.99. The van der Waals surface area contributed by atoms with Crippen LogP contribution in [0.15, 0.2) is 24.3 Å². The number of fused-ring (bicyclic) bond motifs is 1. The molecule has 0 aromatic heterocycles. The molecule has 0 bridgehead atoms. The van der Waals surface area contributed by atoms with E-state index >= 15 is 0 Å². The molecule has 1 spiro atoms. The van der Waals surface area contributed by atoms with E-state index in [1.807, 2.05) is 23.1 Å². The van der Waals surface area contributed by atoms with Gasteiger partial charge in [-0.1, -0.05) is 19.1 Å². The van der Waals surface area contributed by atoms with Crippen molar-refractivity contribution in [2.45, 2.75) is 38.2 Å². The molecule has 0 radical (unpaired) electrons. The zero-order valence-corrected chi connectivity index (χ0v) is 16.0. The molecule has 0 saturated carbocycles. The molecule has 1 aromatic carbocycles. The number of para-hydroxylation sites is 1. The number of carbonyl (C=O) groups is 2. The van der Waals surface area contributed by atoms with E-state index in [1.165, 1.54) is 0 Å². The van der Waals surface area contributed by atoms with Crippen LogP contribution < -0.4 is 4.74 Å². The molecule has 3 aliphatic heterocycles. The zero-order chi connectivity index (χ0) is 18.9. The van der Waals surface area contributed by atoms with Crippen molar-refractivity contribution in [3.63, 3.8) is 0 Å². The summed E-state index contributed by atoms with van der Waals surface area (Å²) >= 11 is 0. The molecule has 3 aliphatic rings. The molecule has 0 aliphatic carbocycles. The molecule has 1 aromatic rings. The maximum Gasteiger partial charge on any atom is 0.258 e. The fraction of sp³-hybridized carbons (Fsp3) is 0.619. The Balaban J connectivity index is 1.57. The number of benzene rings is 1. The minimum atomic E-state index is -0.475. The van der Waals surface area contributed by atoms with Crippen LogP contribution in [0.1, 0.15) is 43.0 Å². The SMILES string of the molecule is CC1CCN(C(=O)CN2CC3(CCOCC3)Oc3ccccc3C2=O)CC1. The zero-order valence-electron chi connectivity index (χ0n) is 16.0. The molecule has 146 valence electrons. The Morgan fingerprint density at radius 1 is 1.19 bits per heavy atom. The van der Waals surface area contributed by atoms with Crippen molar-refractivity contribution < 1.29 is 19.1 Å². The molecule has 6 nitrogen and oxygen atoms in total. The summed E-state index contributed by atoms with van der Waals surface area (Å²) in [6, 6.07) is 7.36. The summed E-state index contributed by atoms with van der Waals surface area (Å²) in [7, 11) is 0. The first-order valence-corrected chi connectivity index (χ1v) is 9.99. The van der Waals surface area contributed by atoms with E-state index in [0.717, 1.165) is 38.8 Å². The highest BCUT2D eigenvalue weighted by Gasteiger charge is 2.42. The molecule has 2 fully saturated rings. The molecule has 0 N–H and O–H groups in total. The van der Waals surface area contributed by atoms with Gasteiger partial charge in [0.25, 0.3) is 5.91 Å². The van der Waals surface area contributed by atoms with Gasteiger partial charge in [-0.15, -0.1) is 0 Å². The van der Waals surface area contributed by atoms with Gasteiger partial charge < -0.3 is 19.3 Å². The van der Waals surface area contributed by atoms with Crippen molar-refractivity contribution >= 4 is 11.8 Å². The van der Waals surface area contributed by atoms with Crippen LogP contribution in [0.2, 0.25) is 0 Å². The predicted molar refractivity (Wildman–Crippen MR) is 101 cm³/mol. The van der Waals surface area contributed by atoms with E-state index in [2.05, 4.69) is 6.92 Å². The van der Waals surface area contributed by atoms with Crippen LogP contribution in [0.5, 0.6) is 5.75 Å². The molecular formula is C21H28N2O4. The Labute approximate surface area is 160 Å². The average Bonchev–Trinajstić information content (AvgIpc) is 2.78. The number of rotatable bonds is 2. The van der Waals surface area contributed by atoms with Crippen LogP contribution in [0, 0.1) is 5.92 Å². The molecule has 0 unspecified atom stereocenters. The van der Waals surface area contributed by atoms with Crippen LogP contribution in [0.25, 0.3) is 0 Å². The highest BCUT2D eigenvalue weighted by Crippen LogP contribution is 2.35. The number of carbonyl (C=O) groups excluding carboxylic acids is 2. The Morgan fingerprint density at radius 3 is 2.63 bits per heavy atom. The molecule has 2 amide bonds. The van der Waals surface area contributed by atoms with Gasteiger partial charge in [-0.25, -0.2) is 0 Å². The van der Waals surface area contributed by atoms with Gasteiger partial charge in [0.15, 0.2) is 0 Å². The Hall–Kier alpha value is -2.08. The summed E-state index contributed by atoms with van der Waals surface area (Å²) in [5, 5.41) is 0. The maximum absolute atomic E-state index is 13.2. The maximum atomic E-state index is 13.2. The van der Waals surface area contributed by atoms with Gasteiger partial charge in [0, 0.05) is 25.9 Å². The van der Waals surface area contributed by atoms with Crippen LogP contribution >= 0.6 is 0 Å². The quantitative estimate of drug-likeness (QED) is 0.800. The normalized spacial score (nSPS) is 22.9. The van der Waals surface area contributed by atoms with Gasteiger partial charge in [-0.2, -0.15) is 0 Å². The third kappa shape index (κ3) is 3.81. The molecule has 0 atom stereocenters. The lowest BCUT2D eigenvalue weighted by molar-refractivity contribution is -0.134. The second-order valence-corrected chi connectivity index (χ2v) is 8.12.